The van der Waals surface area contributed by atoms with Crippen LogP contribution in [-0.4, -0.2) is 37.5 Å². The Morgan fingerprint density at radius 2 is 2.14 bits per heavy atom. The molecule has 2 atom stereocenters. The molecule has 0 bridgehead atoms. The molecule has 4 N–H and O–H groups in total. The van der Waals surface area contributed by atoms with E-state index in [1.165, 1.54) is 13.8 Å². The zero-order valence-corrected chi connectivity index (χ0v) is 13.0. The second-order valence-electron chi connectivity index (χ2n) is 5.27. The zero-order chi connectivity index (χ0) is 16.1. The standard InChI is InChI=1S/C13H21N2O5P/c1-10(16)13(2,15-17)11(9-21(18,19)20)6-7-12-5-3-4-8-14-12/h3-5,8,11,15,17H,6-7,9H2,1-2H3,(H2,18,19,20). The largest absolute Gasteiger partial charge is 0.325 e. The van der Waals surface area contributed by atoms with Crippen LogP contribution < -0.4 is 5.48 Å². The first-order chi connectivity index (χ1) is 9.69. The molecule has 2 unspecified atom stereocenters. The summed E-state index contributed by atoms with van der Waals surface area (Å²) in [6.07, 6.45) is 1.91. The lowest BCUT2D eigenvalue weighted by Gasteiger charge is -2.34. The van der Waals surface area contributed by atoms with Gasteiger partial charge in [0.2, 0.25) is 0 Å². The highest BCUT2D eigenvalue weighted by atomic mass is 31.2. The molecule has 1 aromatic rings. The lowest BCUT2D eigenvalue weighted by atomic mass is 9.81. The van der Waals surface area contributed by atoms with Crippen molar-refractivity contribution in [2.75, 3.05) is 6.16 Å². The van der Waals surface area contributed by atoms with Crippen LogP contribution in [0.25, 0.3) is 0 Å². The molecule has 1 aromatic heterocycles. The van der Waals surface area contributed by atoms with Crippen molar-refractivity contribution in [2.45, 2.75) is 32.2 Å². The van der Waals surface area contributed by atoms with E-state index in [4.69, 9.17) is 0 Å². The van der Waals surface area contributed by atoms with Gasteiger partial charge >= 0.3 is 7.60 Å². The first kappa shape index (κ1) is 17.9. The second kappa shape index (κ2) is 7.24. The quantitative estimate of drug-likeness (QED) is 0.419. The molecule has 0 aliphatic rings. The lowest BCUT2D eigenvalue weighted by Crippen LogP contribution is -2.54. The number of pyridine rings is 1. The van der Waals surface area contributed by atoms with Crippen LogP contribution in [0.15, 0.2) is 24.4 Å². The Labute approximate surface area is 123 Å². The minimum atomic E-state index is -4.32. The number of nitrogens with zero attached hydrogens (tertiary/aromatic N) is 1. The smallest absolute Gasteiger partial charge is 0.324 e. The van der Waals surface area contributed by atoms with Crippen molar-refractivity contribution in [1.82, 2.24) is 10.5 Å². The lowest BCUT2D eigenvalue weighted by molar-refractivity contribution is -0.129. The van der Waals surface area contributed by atoms with E-state index in [0.29, 0.717) is 12.8 Å². The van der Waals surface area contributed by atoms with E-state index >= 15 is 0 Å². The minimum Gasteiger partial charge on any atom is -0.324 e. The van der Waals surface area contributed by atoms with Crippen molar-refractivity contribution in [1.29, 1.82) is 0 Å². The van der Waals surface area contributed by atoms with Gasteiger partial charge < -0.3 is 15.0 Å². The van der Waals surface area contributed by atoms with Gasteiger partial charge in [0, 0.05) is 11.9 Å². The first-order valence-electron chi connectivity index (χ1n) is 6.56. The van der Waals surface area contributed by atoms with Crippen LogP contribution in [0.1, 0.15) is 26.0 Å². The van der Waals surface area contributed by atoms with Crippen LogP contribution in [0, 0.1) is 5.92 Å². The normalized spacial score (nSPS) is 16.2. The Morgan fingerprint density at radius 3 is 2.57 bits per heavy atom. The van der Waals surface area contributed by atoms with E-state index in [9.17, 15) is 24.4 Å². The minimum absolute atomic E-state index is 0.311. The first-order valence-corrected chi connectivity index (χ1v) is 8.35. The Bertz CT molecular complexity index is 519. The molecule has 1 heterocycles. The third kappa shape index (κ3) is 5.30. The van der Waals surface area contributed by atoms with Crippen molar-refractivity contribution >= 4 is 13.4 Å². The maximum absolute atomic E-state index is 11.7. The maximum Gasteiger partial charge on any atom is 0.325 e. The van der Waals surface area contributed by atoms with E-state index in [1.54, 1.807) is 18.3 Å². The molecule has 0 aromatic carbocycles. The maximum atomic E-state index is 11.7. The number of aromatic nitrogens is 1. The summed E-state index contributed by atoms with van der Waals surface area (Å²) in [4.78, 5) is 34.3. The van der Waals surface area contributed by atoms with Crippen molar-refractivity contribution in [3.05, 3.63) is 30.1 Å². The number of carbonyl (C=O) groups excluding carboxylic acids is 1. The summed E-state index contributed by atoms with van der Waals surface area (Å²) in [7, 11) is -4.32. The molecule has 0 amide bonds. The molecule has 7 nitrogen and oxygen atoms in total. The number of rotatable bonds is 8. The summed E-state index contributed by atoms with van der Waals surface area (Å²) in [6.45, 7) is 2.71. The van der Waals surface area contributed by atoms with E-state index in [-0.39, 0.29) is 5.78 Å². The van der Waals surface area contributed by atoms with Crippen molar-refractivity contribution in [2.24, 2.45) is 5.92 Å². The topological polar surface area (TPSA) is 120 Å². The third-order valence-electron chi connectivity index (χ3n) is 3.71. The summed E-state index contributed by atoms with van der Waals surface area (Å²) < 4.78 is 11.3. The Kier molecular flexibility index (Phi) is 6.19. The highest BCUT2D eigenvalue weighted by Gasteiger charge is 2.41. The van der Waals surface area contributed by atoms with Crippen LogP contribution in [0.3, 0.4) is 0 Å². The van der Waals surface area contributed by atoms with E-state index < -0.39 is 25.2 Å². The zero-order valence-electron chi connectivity index (χ0n) is 12.1. The van der Waals surface area contributed by atoms with Gasteiger partial charge in [0.25, 0.3) is 0 Å². The van der Waals surface area contributed by atoms with E-state index in [1.807, 2.05) is 11.5 Å². The fourth-order valence-corrected chi connectivity index (χ4v) is 3.30. The number of ketones is 1. The van der Waals surface area contributed by atoms with Gasteiger partial charge in [0.15, 0.2) is 5.78 Å². The summed E-state index contributed by atoms with van der Waals surface area (Å²) in [5.74, 6) is -1.10. The molecule has 0 radical (unpaired) electrons. The fourth-order valence-electron chi connectivity index (χ4n) is 2.18. The molecule has 0 aliphatic heterocycles. The fraction of sp³-hybridized carbons (Fsp3) is 0.538. The number of carbonyl (C=O) groups is 1. The SMILES string of the molecule is CC(=O)C(C)(NO)C(CCc1ccccn1)CP(=O)(O)O. The van der Waals surface area contributed by atoms with Crippen molar-refractivity contribution in [3.63, 3.8) is 0 Å². The Hall–Kier alpha value is -1.11. The highest BCUT2D eigenvalue weighted by molar-refractivity contribution is 7.51. The molecule has 21 heavy (non-hydrogen) atoms. The number of hydrogen-bond acceptors (Lipinski definition) is 5. The van der Waals surface area contributed by atoms with E-state index in [2.05, 4.69) is 4.98 Å². The van der Waals surface area contributed by atoms with Gasteiger partial charge in [0.05, 0.1) is 6.16 Å². The van der Waals surface area contributed by atoms with E-state index in [0.717, 1.165) is 5.69 Å². The van der Waals surface area contributed by atoms with Gasteiger partial charge in [-0.1, -0.05) is 6.07 Å². The number of hydrogen-bond donors (Lipinski definition) is 4. The summed E-state index contributed by atoms with van der Waals surface area (Å²) in [5.41, 5.74) is 1.28. The number of nitrogens with one attached hydrogen (secondary N) is 1. The average Bonchev–Trinajstić information content (AvgIpc) is 2.42. The molecule has 8 heteroatoms. The summed E-state index contributed by atoms with van der Waals surface area (Å²) >= 11 is 0. The predicted molar refractivity (Wildman–Crippen MR) is 77.0 cm³/mol. The third-order valence-corrected chi connectivity index (χ3v) is 4.63. The molecule has 0 saturated carbocycles. The second-order valence-corrected chi connectivity index (χ2v) is 6.97. The summed E-state index contributed by atoms with van der Waals surface area (Å²) in [6, 6.07) is 5.38. The van der Waals surface area contributed by atoms with Crippen LogP contribution in [-0.2, 0) is 15.8 Å². The van der Waals surface area contributed by atoms with Crippen molar-refractivity contribution in [3.8, 4) is 0 Å². The molecule has 0 spiro atoms. The van der Waals surface area contributed by atoms with Gasteiger partial charge in [-0.15, -0.1) is 0 Å². The van der Waals surface area contributed by atoms with Crippen LogP contribution in [0.5, 0.6) is 0 Å². The molecule has 0 saturated heterocycles. The Balaban J connectivity index is 2.92. The van der Waals surface area contributed by atoms with Gasteiger partial charge in [-0.25, -0.2) is 0 Å². The molecule has 1 rings (SSSR count). The molecule has 0 fully saturated rings. The molecular weight excluding hydrogens is 295 g/mol. The van der Waals surface area contributed by atoms with Gasteiger partial charge in [-0.3, -0.25) is 14.3 Å². The predicted octanol–water partition coefficient (Wildman–Crippen LogP) is 1.13. The Morgan fingerprint density at radius 1 is 1.48 bits per heavy atom. The number of aryl methyl sites for hydroxylation is 1. The summed E-state index contributed by atoms with van der Waals surface area (Å²) in [5, 5.41) is 9.28. The van der Waals surface area contributed by atoms with Gasteiger partial charge in [-0.2, -0.15) is 5.48 Å². The highest BCUT2D eigenvalue weighted by Crippen LogP contribution is 2.41. The molecular formula is C13H21N2O5P. The van der Waals surface area contributed by atoms with Crippen molar-refractivity contribution < 1.29 is 24.4 Å². The number of hydroxylamine groups is 1. The van der Waals surface area contributed by atoms with Crippen LogP contribution in [0.4, 0.5) is 0 Å². The van der Waals surface area contributed by atoms with Crippen LogP contribution >= 0.6 is 7.60 Å². The number of Topliss-reactive ketones (excluding diaryl/α,β-unsaturated/α-hetero) is 1. The molecule has 118 valence electrons. The van der Waals surface area contributed by atoms with Crippen LogP contribution in [0.2, 0.25) is 0 Å². The van der Waals surface area contributed by atoms with Gasteiger partial charge in [-0.05, 0) is 44.7 Å². The molecule has 0 aliphatic carbocycles. The van der Waals surface area contributed by atoms with Gasteiger partial charge in [0.1, 0.15) is 5.54 Å². The monoisotopic (exact) mass is 316 g/mol. The average molecular weight is 316 g/mol.